The number of benzene rings is 1. The topological polar surface area (TPSA) is 90.3 Å². The van der Waals surface area contributed by atoms with E-state index in [0.29, 0.717) is 5.69 Å². The van der Waals surface area contributed by atoms with Crippen molar-refractivity contribution in [2.24, 2.45) is 0 Å². The maximum atomic E-state index is 12.1. The Hall–Kier alpha value is -2.07. The lowest BCUT2D eigenvalue weighted by molar-refractivity contribution is -0.121. The van der Waals surface area contributed by atoms with Crippen LogP contribution in [0.25, 0.3) is 0 Å². The molecule has 0 aromatic heterocycles. The van der Waals surface area contributed by atoms with Crippen LogP contribution in [0.15, 0.2) is 24.3 Å². The van der Waals surface area contributed by atoms with E-state index < -0.39 is 10.0 Å². The number of rotatable bonds is 6. The van der Waals surface area contributed by atoms with Crippen LogP contribution in [0, 0.1) is 11.3 Å². The predicted octanol–water partition coefficient (Wildman–Crippen LogP) is 2.16. The van der Waals surface area contributed by atoms with Gasteiger partial charge in [0.2, 0.25) is 15.9 Å². The minimum atomic E-state index is -3.58. The van der Waals surface area contributed by atoms with Crippen molar-refractivity contribution in [3.05, 3.63) is 29.8 Å². The number of carbonyl (C=O) groups excluding carboxylic acids is 1. The van der Waals surface area contributed by atoms with Crippen LogP contribution in [0.5, 0.6) is 0 Å². The van der Waals surface area contributed by atoms with Crippen LogP contribution in [-0.2, 0) is 14.8 Å². The zero-order valence-electron chi connectivity index (χ0n) is 13.9. The van der Waals surface area contributed by atoms with E-state index in [1.165, 1.54) is 6.42 Å². The molecule has 0 aliphatic heterocycles. The van der Waals surface area contributed by atoms with Crippen molar-refractivity contribution in [3.63, 3.8) is 0 Å². The average molecular weight is 349 g/mol. The van der Waals surface area contributed by atoms with E-state index in [1.54, 1.807) is 24.3 Å². The van der Waals surface area contributed by atoms with E-state index in [9.17, 15) is 18.5 Å². The number of amides is 1. The molecule has 7 heteroatoms. The van der Waals surface area contributed by atoms with E-state index in [1.807, 2.05) is 6.07 Å². The number of nitrogens with one attached hydrogen (secondary N) is 1. The molecule has 130 valence electrons. The zero-order chi connectivity index (χ0) is 17.6. The second-order valence-corrected chi connectivity index (χ2v) is 8.02. The molecule has 0 unspecified atom stereocenters. The molecule has 1 fully saturated rings. The van der Waals surface area contributed by atoms with Crippen LogP contribution < -0.4 is 9.62 Å². The summed E-state index contributed by atoms with van der Waals surface area (Å²) in [6, 6.07) is 8.70. The van der Waals surface area contributed by atoms with Crippen molar-refractivity contribution >= 4 is 21.6 Å². The summed E-state index contributed by atoms with van der Waals surface area (Å²) in [5.41, 5.74) is 0.587. The molecule has 2 rings (SSSR count). The quantitative estimate of drug-likeness (QED) is 0.852. The van der Waals surface area contributed by atoms with Crippen LogP contribution in [-0.4, -0.2) is 33.2 Å². The van der Waals surface area contributed by atoms with Crippen molar-refractivity contribution in [2.45, 2.75) is 44.6 Å². The molecule has 1 aliphatic carbocycles. The zero-order valence-corrected chi connectivity index (χ0v) is 14.7. The summed E-state index contributed by atoms with van der Waals surface area (Å²) in [4.78, 5) is 12.1. The lowest BCUT2D eigenvalue weighted by Crippen LogP contribution is -2.39. The summed E-state index contributed by atoms with van der Waals surface area (Å²) < 4.78 is 25.3. The van der Waals surface area contributed by atoms with Crippen LogP contribution in [0.4, 0.5) is 5.69 Å². The second-order valence-electron chi connectivity index (χ2n) is 6.12. The molecule has 1 N–H and O–H groups in total. The number of anilines is 1. The maximum absolute atomic E-state index is 12.1. The summed E-state index contributed by atoms with van der Waals surface area (Å²) in [7, 11) is -3.58. The first-order valence-electron chi connectivity index (χ1n) is 8.18. The Kier molecular flexibility index (Phi) is 6.21. The SMILES string of the molecule is CS(=O)(=O)N(CCC(=O)NC1CCCCC1)c1ccccc1C#N. The third kappa shape index (κ3) is 4.96. The molecule has 24 heavy (non-hydrogen) atoms. The molecule has 1 aromatic rings. The predicted molar refractivity (Wildman–Crippen MR) is 93.0 cm³/mol. The molecule has 1 aromatic carbocycles. The van der Waals surface area contributed by atoms with Gasteiger partial charge in [0, 0.05) is 19.0 Å². The summed E-state index contributed by atoms with van der Waals surface area (Å²) in [5.74, 6) is -0.148. The van der Waals surface area contributed by atoms with Gasteiger partial charge in [-0.15, -0.1) is 0 Å². The highest BCUT2D eigenvalue weighted by Gasteiger charge is 2.22. The first-order chi connectivity index (χ1) is 11.4. The Morgan fingerprint density at radius 1 is 1.29 bits per heavy atom. The highest BCUT2D eigenvalue weighted by atomic mass is 32.2. The van der Waals surface area contributed by atoms with Crippen LogP contribution in [0.3, 0.4) is 0 Å². The maximum Gasteiger partial charge on any atom is 0.232 e. The van der Waals surface area contributed by atoms with Gasteiger partial charge in [-0.25, -0.2) is 8.42 Å². The van der Waals surface area contributed by atoms with E-state index in [2.05, 4.69) is 5.32 Å². The molecule has 0 radical (unpaired) electrons. The molecule has 0 bridgehead atoms. The molecule has 1 amide bonds. The third-order valence-electron chi connectivity index (χ3n) is 4.21. The second kappa shape index (κ2) is 8.15. The Labute approximate surface area is 143 Å². The van der Waals surface area contributed by atoms with Gasteiger partial charge in [0.25, 0.3) is 0 Å². The smallest absolute Gasteiger partial charge is 0.232 e. The number of sulfonamides is 1. The van der Waals surface area contributed by atoms with Crippen molar-refractivity contribution < 1.29 is 13.2 Å². The van der Waals surface area contributed by atoms with Crippen molar-refractivity contribution in [1.29, 1.82) is 5.26 Å². The van der Waals surface area contributed by atoms with Gasteiger partial charge in [-0.05, 0) is 25.0 Å². The van der Waals surface area contributed by atoms with E-state index >= 15 is 0 Å². The summed E-state index contributed by atoms with van der Waals surface area (Å²) in [6.45, 7) is 0.0239. The van der Waals surface area contributed by atoms with Gasteiger partial charge < -0.3 is 5.32 Å². The molecular weight excluding hydrogens is 326 g/mol. The van der Waals surface area contributed by atoms with Crippen molar-refractivity contribution in [2.75, 3.05) is 17.1 Å². The standard InChI is InChI=1S/C17H23N3O3S/c1-24(22,23)20(16-10-6-5-7-14(16)13-18)12-11-17(21)19-15-8-3-2-4-9-15/h5-7,10,15H,2-4,8-9,11-12H2,1H3,(H,19,21). The van der Waals surface area contributed by atoms with Crippen molar-refractivity contribution in [1.82, 2.24) is 5.32 Å². The van der Waals surface area contributed by atoms with Gasteiger partial charge in [0.05, 0.1) is 17.5 Å². The fraction of sp³-hybridized carbons (Fsp3) is 0.529. The Morgan fingerprint density at radius 3 is 2.58 bits per heavy atom. The van der Waals surface area contributed by atoms with Gasteiger partial charge in [-0.1, -0.05) is 31.4 Å². The average Bonchev–Trinajstić information content (AvgIpc) is 2.55. The van der Waals surface area contributed by atoms with E-state index in [4.69, 9.17) is 0 Å². The fourth-order valence-electron chi connectivity index (χ4n) is 3.00. The Bertz CT molecular complexity index is 719. The number of carbonyl (C=O) groups is 1. The number of hydrogen-bond acceptors (Lipinski definition) is 4. The van der Waals surface area contributed by atoms with E-state index in [0.717, 1.165) is 36.2 Å². The van der Waals surface area contributed by atoms with Gasteiger partial charge in [0.1, 0.15) is 6.07 Å². The third-order valence-corrected chi connectivity index (χ3v) is 5.39. The monoisotopic (exact) mass is 349 g/mol. The molecule has 0 spiro atoms. The molecule has 1 aliphatic rings. The van der Waals surface area contributed by atoms with Crippen molar-refractivity contribution in [3.8, 4) is 6.07 Å². The highest BCUT2D eigenvalue weighted by Crippen LogP contribution is 2.22. The Morgan fingerprint density at radius 2 is 1.96 bits per heavy atom. The van der Waals surface area contributed by atoms with Gasteiger partial charge >= 0.3 is 0 Å². The van der Waals surface area contributed by atoms with Gasteiger partial charge in [-0.3, -0.25) is 9.10 Å². The number of hydrogen-bond donors (Lipinski definition) is 1. The first kappa shape index (κ1) is 18.3. The molecule has 0 saturated heterocycles. The molecule has 0 heterocycles. The Balaban J connectivity index is 2.05. The first-order valence-corrected chi connectivity index (χ1v) is 10.0. The lowest BCUT2D eigenvalue weighted by atomic mass is 9.95. The van der Waals surface area contributed by atoms with E-state index in [-0.39, 0.29) is 30.5 Å². The fourth-order valence-corrected chi connectivity index (χ4v) is 3.94. The molecular formula is C17H23N3O3S. The number of para-hydroxylation sites is 1. The van der Waals surface area contributed by atoms with Crippen LogP contribution >= 0.6 is 0 Å². The summed E-state index contributed by atoms with van der Waals surface area (Å²) >= 11 is 0. The highest BCUT2D eigenvalue weighted by molar-refractivity contribution is 7.92. The number of nitrogens with zero attached hydrogens (tertiary/aromatic N) is 2. The normalized spacial score (nSPS) is 15.5. The lowest BCUT2D eigenvalue weighted by Gasteiger charge is -2.25. The van der Waals surface area contributed by atoms with Crippen LogP contribution in [0.2, 0.25) is 0 Å². The molecule has 6 nitrogen and oxygen atoms in total. The largest absolute Gasteiger partial charge is 0.353 e. The molecule has 0 atom stereocenters. The molecule has 1 saturated carbocycles. The van der Waals surface area contributed by atoms with Crippen LogP contribution in [0.1, 0.15) is 44.1 Å². The summed E-state index contributed by atoms with van der Waals surface area (Å²) in [5, 5.41) is 12.2. The minimum absolute atomic E-state index is 0.0239. The van der Waals surface area contributed by atoms with Gasteiger partial charge in [-0.2, -0.15) is 5.26 Å². The summed E-state index contributed by atoms with van der Waals surface area (Å²) in [6.07, 6.45) is 6.58. The number of nitriles is 1. The minimum Gasteiger partial charge on any atom is -0.353 e. The van der Waals surface area contributed by atoms with Gasteiger partial charge in [0.15, 0.2) is 0 Å².